The Bertz CT molecular complexity index is 2820. The highest BCUT2D eigenvalue weighted by atomic mass is 28.3. The van der Waals surface area contributed by atoms with Crippen molar-refractivity contribution in [2.45, 2.75) is 6.92 Å². The van der Waals surface area contributed by atoms with Gasteiger partial charge < -0.3 is 9.13 Å². The summed E-state index contributed by atoms with van der Waals surface area (Å²) in [6.07, 6.45) is 0. The highest BCUT2D eigenvalue weighted by molar-refractivity contribution is 7.19. The van der Waals surface area contributed by atoms with Gasteiger partial charge in [0.15, 0.2) is 8.07 Å². The van der Waals surface area contributed by atoms with Gasteiger partial charge in [-0.3, -0.25) is 0 Å². The number of benzene rings is 8. The highest BCUT2D eigenvalue weighted by Gasteiger charge is 2.41. The topological polar surface area (TPSA) is 9.86 Å². The molecule has 2 aromatic heterocycles. The van der Waals surface area contributed by atoms with Gasteiger partial charge in [0, 0.05) is 32.9 Å². The summed E-state index contributed by atoms with van der Waals surface area (Å²) >= 11 is 0. The summed E-state index contributed by atoms with van der Waals surface area (Å²) in [4.78, 5) is 0. The maximum Gasteiger partial charge on any atom is 0.179 e. The van der Waals surface area contributed by atoms with E-state index in [1.807, 2.05) is 0 Å². The lowest BCUT2D eigenvalue weighted by Crippen LogP contribution is -2.74. The minimum Gasteiger partial charge on any atom is -0.309 e. The lowest BCUT2D eigenvalue weighted by molar-refractivity contribution is 1.17. The monoisotopic (exact) mass is 680 g/mol. The van der Waals surface area contributed by atoms with Crippen molar-refractivity contribution < 1.29 is 0 Å². The summed E-state index contributed by atoms with van der Waals surface area (Å²) in [5.41, 5.74) is 8.46. The first-order valence-corrected chi connectivity index (χ1v) is 20.0. The fourth-order valence-corrected chi connectivity index (χ4v) is 13.6. The van der Waals surface area contributed by atoms with Crippen LogP contribution in [-0.2, 0) is 0 Å². The SMILES string of the molecule is Cc1cccc([Si](c2ccccc2)(c2ccccc2)c2cccc(-n3c4ccccc4c4cc(-n5c6ccccc6c6ccccc65)ccc43)c2)c1. The Labute approximate surface area is 304 Å². The standard InChI is InChI=1S/C49H36N2Si/c1-35-16-14-22-40(32-35)52(38-18-4-2-5-19-38,39-20-6-3-7-21-39)41-23-15-17-36(33-41)50-48-29-13-10-26-44(48)45-34-37(30-31-49(45)50)51-46-27-11-8-24-42(46)43-25-9-12-28-47(43)51/h2-34H,1H3. The predicted molar refractivity (Wildman–Crippen MR) is 223 cm³/mol. The van der Waals surface area contributed by atoms with Crippen molar-refractivity contribution in [1.82, 2.24) is 9.13 Å². The fraction of sp³-hybridized carbons (Fsp3) is 0.0204. The normalized spacial score (nSPS) is 11.9. The minimum atomic E-state index is -2.72. The Kier molecular flexibility index (Phi) is 7.09. The first-order valence-electron chi connectivity index (χ1n) is 18.0. The zero-order valence-corrected chi connectivity index (χ0v) is 29.9. The molecule has 2 nitrogen and oxygen atoms in total. The van der Waals surface area contributed by atoms with E-state index in [2.05, 4.69) is 216 Å². The first-order chi connectivity index (χ1) is 25.7. The Balaban J connectivity index is 1.24. The third kappa shape index (κ3) is 4.56. The second-order valence-corrected chi connectivity index (χ2v) is 17.6. The number of rotatable bonds is 6. The van der Waals surface area contributed by atoms with Crippen LogP contribution >= 0.6 is 0 Å². The molecule has 2 heterocycles. The van der Waals surface area contributed by atoms with Crippen LogP contribution in [0.4, 0.5) is 0 Å². The third-order valence-corrected chi connectivity index (χ3v) is 15.6. The molecule has 0 fully saturated rings. The first kappa shape index (κ1) is 30.4. The summed E-state index contributed by atoms with van der Waals surface area (Å²) in [5.74, 6) is 0. The zero-order valence-electron chi connectivity index (χ0n) is 28.9. The lowest BCUT2D eigenvalue weighted by Gasteiger charge is -2.35. The van der Waals surface area contributed by atoms with Gasteiger partial charge in [-0.15, -0.1) is 0 Å². The van der Waals surface area contributed by atoms with Crippen LogP contribution < -0.4 is 20.7 Å². The molecule has 246 valence electrons. The van der Waals surface area contributed by atoms with E-state index < -0.39 is 8.07 Å². The van der Waals surface area contributed by atoms with Gasteiger partial charge in [0.05, 0.1) is 22.1 Å². The van der Waals surface area contributed by atoms with E-state index >= 15 is 0 Å². The van der Waals surface area contributed by atoms with Crippen LogP contribution in [0.2, 0.25) is 0 Å². The quantitative estimate of drug-likeness (QED) is 0.122. The van der Waals surface area contributed by atoms with Crippen molar-refractivity contribution in [3.8, 4) is 11.4 Å². The van der Waals surface area contributed by atoms with Gasteiger partial charge in [-0.1, -0.05) is 157 Å². The van der Waals surface area contributed by atoms with Gasteiger partial charge in [0.25, 0.3) is 0 Å². The van der Waals surface area contributed by atoms with Crippen molar-refractivity contribution >= 4 is 72.4 Å². The number of aryl methyl sites for hydroxylation is 1. The zero-order chi connectivity index (χ0) is 34.6. The van der Waals surface area contributed by atoms with Crippen molar-refractivity contribution in [2.75, 3.05) is 0 Å². The molecule has 0 spiro atoms. The van der Waals surface area contributed by atoms with E-state index in [1.165, 1.54) is 81.3 Å². The molecule has 52 heavy (non-hydrogen) atoms. The van der Waals surface area contributed by atoms with Gasteiger partial charge in [-0.05, 0) is 76.2 Å². The summed E-state index contributed by atoms with van der Waals surface area (Å²) < 4.78 is 4.88. The Hall–Kier alpha value is -6.42. The Morgan fingerprint density at radius 3 is 1.29 bits per heavy atom. The molecule has 0 aliphatic carbocycles. The summed E-state index contributed by atoms with van der Waals surface area (Å²) in [6, 6.07) is 74.3. The molecular weight excluding hydrogens is 645 g/mol. The number of hydrogen-bond acceptors (Lipinski definition) is 0. The van der Waals surface area contributed by atoms with E-state index in [0.29, 0.717) is 0 Å². The van der Waals surface area contributed by atoms with Crippen LogP contribution in [0.1, 0.15) is 5.56 Å². The number of nitrogens with zero attached hydrogens (tertiary/aromatic N) is 2. The van der Waals surface area contributed by atoms with Crippen LogP contribution in [0.3, 0.4) is 0 Å². The predicted octanol–water partition coefficient (Wildman–Crippen LogP) is 9.57. The third-order valence-electron chi connectivity index (χ3n) is 10.9. The molecular formula is C49H36N2Si. The fourth-order valence-electron chi connectivity index (χ4n) is 8.71. The number of fused-ring (bicyclic) bond motifs is 6. The molecule has 0 atom stereocenters. The number of para-hydroxylation sites is 3. The molecule has 0 N–H and O–H groups in total. The van der Waals surface area contributed by atoms with Gasteiger partial charge >= 0.3 is 0 Å². The highest BCUT2D eigenvalue weighted by Crippen LogP contribution is 2.36. The van der Waals surface area contributed by atoms with Crippen molar-refractivity contribution in [2.24, 2.45) is 0 Å². The molecule has 0 saturated heterocycles. The van der Waals surface area contributed by atoms with Gasteiger partial charge in [-0.25, -0.2) is 0 Å². The average Bonchev–Trinajstić information content (AvgIpc) is 3.72. The molecule has 10 rings (SSSR count). The Morgan fingerprint density at radius 2 is 0.731 bits per heavy atom. The molecule has 8 aromatic carbocycles. The molecule has 0 unspecified atom stereocenters. The minimum absolute atomic E-state index is 1.17. The average molecular weight is 681 g/mol. The smallest absolute Gasteiger partial charge is 0.179 e. The molecule has 0 bridgehead atoms. The molecule has 10 aromatic rings. The van der Waals surface area contributed by atoms with Crippen molar-refractivity contribution in [3.05, 3.63) is 206 Å². The van der Waals surface area contributed by atoms with E-state index in [-0.39, 0.29) is 0 Å². The lowest BCUT2D eigenvalue weighted by atomic mass is 10.1. The summed E-state index contributed by atoms with van der Waals surface area (Å²) in [7, 11) is -2.72. The maximum atomic E-state index is 2.47. The van der Waals surface area contributed by atoms with Gasteiger partial charge in [-0.2, -0.15) is 0 Å². The maximum absolute atomic E-state index is 2.72. The molecule has 0 aliphatic rings. The van der Waals surface area contributed by atoms with Crippen molar-refractivity contribution in [3.63, 3.8) is 0 Å². The van der Waals surface area contributed by atoms with Crippen LogP contribution in [0, 0.1) is 6.92 Å². The number of aromatic nitrogens is 2. The van der Waals surface area contributed by atoms with Gasteiger partial charge in [0.2, 0.25) is 0 Å². The summed E-state index contributed by atoms with van der Waals surface area (Å²) in [5, 5.41) is 10.5. The van der Waals surface area contributed by atoms with Crippen LogP contribution in [0.15, 0.2) is 200 Å². The molecule has 0 saturated carbocycles. The van der Waals surface area contributed by atoms with Gasteiger partial charge in [0.1, 0.15) is 0 Å². The largest absolute Gasteiger partial charge is 0.309 e. The van der Waals surface area contributed by atoms with E-state index in [0.717, 1.165) is 0 Å². The second kappa shape index (κ2) is 12.1. The molecule has 0 radical (unpaired) electrons. The Morgan fingerprint density at radius 1 is 0.308 bits per heavy atom. The van der Waals surface area contributed by atoms with E-state index in [1.54, 1.807) is 0 Å². The van der Waals surface area contributed by atoms with E-state index in [9.17, 15) is 0 Å². The summed E-state index contributed by atoms with van der Waals surface area (Å²) in [6.45, 7) is 2.21. The number of hydrogen-bond donors (Lipinski definition) is 0. The van der Waals surface area contributed by atoms with Crippen molar-refractivity contribution in [1.29, 1.82) is 0 Å². The molecule has 0 aliphatic heterocycles. The van der Waals surface area contributed by atoms with Crippen LogP contribution in [0.5, 0.6) is 0 Å². The molecule has 0 amide bonds. The van der Waals surface area contributed by atoms with Crippen LogP contribution in [-0.4, -0.2) is 17.2 Å². The van der Waals surface area contributed by atoms with Crippen LogP contribution in [0.25, 0.3) is 55.0 Å². The molecule has 3 heteroatoms. The second-order valence-electron chi connectivity index (χ2n) is 13.8. The van der Waals surface area contributed by atoms with E-state index in [4.69, 9.17) is 0 Å².